The number of hydrogen-bond donors (Lipinski definition) is 5. The molecule has 4 saturated heterocycles. The van der Waals surface area contributed by atoms with E-state index in [0.29, 0.717) is 80.6 Å². The van der Waals surface area contributed by atoms with Gasteiger partial charge < -0.3 is 50.0 Å². The lowest BCUT2D eigenvalue weighted by molar-refractivity contribution is -0.136. The summed E-state index contributed by atoms with van der Waals surface area (Å²) < 4.78 is 38.6. The van der Waals surface area contributed by atoms with E-state index < -0.39 is 35.9 Å². The molecule has 4 aliphatic heterocycles. The van der Waals surface area contributed by atoms with Crippen LogP contribution in [0, 0.1) is 29.4 Å². The Morgan fingerprint density at radius 1 is 0.675 bits per heavy atom. The molecule has 6 aromatic rings. The molecule has 0 radical (unpaired) electrons. The van der Waals surface area contributed by atoms with Gasteiger partial charge in [-0.3, -0.25) is 9.59 Å². The zero-order valence-corrected chi connectivity index (χ0v) is 44.7. The number of nitrogens with zero attached hydrogens (tertiary/aromatic N) is 6. The zero-order chi connectivity index (χ0) is 54.1. The summed E-state index contributed by atoms with van der Waals surface area (Å²) in [6.07, 6.45) is 7.23. The number of carbonyl (C=O) groups is 4. The van der Waals surface area contributed by atoms with Crippen LogP contribution in [0.3, 0.4) is 0 Å². The predicted octanol–water partition coefficient (Wildman–Crippen LogP) is 11.0. The van der Waals surface area contributed by atoms with Crippen LogP contribution in [0.1, 0.15) is 144 Å². The Morgan fingerprint density at radius 2 is 1.19 bits per heavy atom. The number of halogens is 2. The molecule has 4 fully saturated rings. The molecule has 77 heavy (non-hydrogen) atoms. The van der Waals surface area contributed by atoms with E-state index in [1.807, 2.05) is 69.0 Å². The third-order valence-electron chi connectivity index (χ3n) is 16.7. The van der Waals surface area contributed by atoms with Crippen LogP contribution in [-0.2, 0) is 20.7 Å². The molecule has 0 spiro atoms. The maximum Gasteiger partial charge on any atom is 0.407 e. The molecule has 4 amide bonds. The normalized spacial score (nSPS) is 20.9. The molecule has 6 heterocycles. The number of aryl methyl sites for hydroxylation is 1. The zero-order valence-electron chi connectivity index (χ0n) is 44.7. The minimum absolute atomic E-state index is 0.0136. The van der Waals surface area contributed by atoms with Crippen LogP contribution in [0.25, 0.3) is 22.1 Å². The Morgan fingerprint density at radius 3 is 1.69 bits per heavy atom. The van der Waals surface area contributed by atoms with Crippen molar-refractivity contribution in [2.75, 3.05) is 43.1 Å². The van der Waals surface area contributed by atoms with Gasteiger partial charge in [0.2, 0.25) is 11.8 Å². The number of imidazole rings is 2. The number of piperidine rings is 1. The average Bonchev–Trinajstić information content (AvgIpc) is 4.29. The van der Waals surface area contributed by atoms with Crippen LogP contribution in [-0.4, -0.2) is 104 Å². The van der Waals surface area contributed by atoms with Crippen LogP contribution >= 0.6 is 0 Å². The van der Waals surface area contributed by atoms with Gasteiger partial charge in [0, 0.05) is 31.9 Å². The molecule has 2 aromatic heterocycles. The van der Waals surface area contributed by atoms with E-state index in [1.54, 1.807) is 9.80 Å². The molecule has 408 valence electrons. The third kappa shape index (κ3) is 11.2. The monoisotopic (exact) mass is 1050 g/mol. The molecule has 18 heteroatoms. The van der Waals surface area contributed by atoms with E-state index in [2.05, 4.69) is 55.8 Å². The Labute approximate surface area is 448 Å². The van der Waals surface area contributed by atoms with E-state index in [9.17, 15) is 24.3 Å². The molecule has 5 N–H and O–H groups in total. The number of hydrogen-bond acceptors (Lipinski definition) is 9. The first kappa shape index (κ1) is 53.2. The highest BCUT2D eigenvalue weighted by molar-refractivity contribution is 5.87. The Balaban J connectivity index is 0.941. The smallest absolute Gasteiger partial charge is 0.407 e. The van der Waals surface area contributed by atoms with Crippen molar-refractivity contribution in [3.8, 4) is 0 Å². The highest BCUT2D eigenvalue weighted by atomic mass is 19.1. The minimum atomic E-state index is -1.25. The summed E-state index contributed by atoms with van der Waals surface area (Å²) in [5, 5.41) is 14.7. The number of carbonyl (C=O) groups excluding carboxylic acids is 3. The number of carboxylic acid groups (broad SMARTS) is 1. The quantitative estimate of drug-likeness (QED) is 0.0623. The summed E-state index contributed by atoms with van der Waals surface area (Å²) in [6.45, 7) is 9.56. The van der Waals surface area contributed by atoms with Gasteiger partial charge in [-0.15, -0.1) is 0 Å². The van der Waals surface area contributed by atoms with Gasteiger partial charge in [-0.05, 0) is 141 Å². The van der Waals surface area contributed by atoms with Crippen molar-refractivity contribution in [1.29, 1.82) is 0 Å². The van der Waals surface area contributed by atoms with Gasteiger partial charge in [-0.2, -0.15) is 0 Å². The fourth-order valence-corrected chi connectivity index (χ4v) is 12.7. The van der Waals surface area contributed by atoms with Crippen molar-refractivity contribution >= 4 is 57.4 Å². The van der Waals surface area contributed by atoms with Gasteiger partial charge in [-0.1, -0.05) is 70.2 Å². The number of likely N-dealkylation sites (tertiary alicyclic amines) is 2. The highest BCUT2D eigenvalue weighted by Crippen LogP contribution is 2.49. The third-order valence-corrected chi connectivity index (χ3v) is 16.7. The number of H-pyrrole nitrogens is 2. The Bertz CT molecular complexity index is 3080. The lowest BCUT2D eigenvalue weighted by atomic mass is 9.90. The maximum absolute atomic E-state index is 16.9. The van der Waals surface area contributed by atoms with E-state index in [1.165, 1.54) is 24.8 Å². The van der Waals surface area contributed by atoms with Gasteiger partial charge in [-0.25, -0.2) is 28.3 Å². The van der Waals surface area contributed by atoms with Gasteiger partial charge in [0.05, 0.1) is 53.3 Å². The second kappa shape index (κ2) is 22.8. The summed E-state index contributed by atoms with van der Waals surface area (Å²) in [5.74, 6) is -0.340. The molecular weight excluding hydrogens is 983 g/mol. The van der Waals surface area contributed by atoms with E-state index in [0.717, 1.165) is 72.6 Å². The van der Waals surface area contributed by atoms with Crippen molar-refractivity contribution in [2.45, 2.75) is 135 Å². The second-order valence-electron chi connectivity index (χ2n) is 22.3. The highest BCUT2D eigenvalue weighted by Gasteiger charge is 2.41. The largest absolute Gasteiger partial charge is 0.465 e. The van der Waals surface area contributed by atoms with E-state index >= 15 is 8.78 Å². The number of ether oxygens (including phenoxy) is 1. The summed E-state index contributed by atoms with van der Waals surface area (Å²) >= 11 is 0. The Hall–Kier alpha value is -7.24. The van der Waals surface area contributed by atoms with Gasteiger partial charge in [0.1, 0.15) is 29.4 Å². The lowest BCUT2D eigenvalue weighted by Gasteiger charge is -2.36. The number of anilines is 2. The first-order valence-corrected chi connectivity index (χ1v) is 27.7. The van der Waals surface area contributed by atoms with Crippen molar-refractivity contribution in [3.05, 3.63) is 119 Å². The standard InChI is InChI=1S/C59H72F2N10O6/c1-34(2)51(66-58(74)75)56(72)69-26-10-16-49(69)54-62-43-20-18-38(30-45(43)64-54)47-22-23-48(39-19-21-44-46(31-39)65-55(63-44)50-17-11-27-70(50)57(73)52(35(3)4)67-59(76)77-5)71(47)40-32-41(60)53(42(61)33-40)68-28-24-37(25-29-68)15-9-14-36-12-7-6-8-13-36/h6-8,12-13,18-21,30-35,37,47-52,66H,9-11,14-17,22-29H2,1-5H3,(H,62,64)(H,63,65)(H,67,76)(H,74,75)/t47-,48?,49+,50+,51?,52?/m1/s1. The number of rotatable bonds is 16. The van der Waals surface area contributed by atoms with Gasteiger partial charge in [0.25, 0.3) is 0 Å². The number of alkyl carbamates (subject to hydrolysis) is 1. The molecule has 16 nitrogen and oxygen atoms in total. The van der Waals surface area contributed by atoms with Gasteiger partial charge in [0.15, 0.2) is 11.6 Å². The second-order valence-corrected chi connectivity index (χ2v) is 22.3. The number of nitrogens with one attached hydrogen (secondary N) is 4. The molecule has 0 bridgehead atoms. The van der Waals surface area contributed by atoms with Crippen LogP contribution < -0.4 is 20.4 Å². The first-order chi connectivity index (χ1) is 37.1. The van der Waals surface area contributed by atoms with Crippen molar-refractivity contribution in [2.24, 2.45) is 17.8 Å². The van der Waals surface area contributed by atoms with Crippen LogP contribution in [0.15, 0.2) is 78.9 Å². The molecule has 4 aliphatic rings. The van der Waals surface area contributed by atoms with Crippen LogP contribution in [0.4, 0.5) is 29.7 Å². The van der Waals surface area contributed by atoms with Crippen molar-refractivity contribution in [1.82, 2.24) is 40.4 Å². The topological polar surface area (TPSA) is 192 Å². The van der Waals surface area contributed by atoms with Crippen molar-refractivity contribution in [3.63, 3.8) is 0 Å². The molecule has 4 aromatic carbocycles. The predicted molar refractivity (Wildman–Crippen MR) is 291 cm³/mol. The molecule has 6 atom stereocenters. The van der Waals surface area contributed by atoms with Gasteiger partial charge >= 0.3 is 12.2 Å². The number of aromatic nitrogens is 4. The summed E-state index contributed by atoms with van der Waals surface area (Å²) in [7, 11) is 1.27. The summed E-state index contributed by atoms with van der Waals surface area (Å²) in [4.78, 5) is 76.2. The summed E-state index contributed by atoms with van der Waals surface area (Å²) in [6, 6.07) is 22.6. The number of fused-ring (bicyclic) bond motifs is 2. The SMILES string of the molecule is COC(=O)NC(C(=O)N1CCC[C@H]1c1nc2ccc(C3CC[C@H](c4ccc5nc([C@@H]6CCCN6C(=O)C(NC(=O)O)C(C)C)[nH]c5c4)N3c3cc(F)c(N4CCC(CCCc5ccccc5)CC4)c(F)c3)cc2[nH]1)C(C)C. The molecule has 10 rings (SSSR count). The summed E-state index contributed by atoms with van der Waals surface area (Å²) in [5.41, 5.74) is 6.59. The fraction of sp³-hybridized carbons (Fsp3) is 0.492. The average molecular weight is 1060 g/mol. The number of methoxy groups -OCH3 is 1. The lowest BCUT2D eigenvalue weighted by Crippen LogP contribution is -2.51. The van der Waals surface area contributed by atoms with E-state index in [-0.39, 0.29) is 53.5 Å². The molecule has 0 saturated carbocycles. The fourth-order valence-electron chi connectivity index (χ4n) is 12.7. The molecule has 3 unspecified atom stereocenters. The minimum Gasteiger partial charge on any atom is -0.465 e. The Kier molecular flexibility index (Phi) is 15.7. The number of amides is 4. The van der Waals surface area contributed by atoms with E-state index in [4.69, 9.17) is 14.7 Å². The maximum atomic E-state index is 16.9. The number of aromatic amines is 2. The molecular formula is C59H72F2N10O6. The van der Waals surface area contributed by atoms with Crippen LogP contribution in [0.2, 0.25) is 0 Å². The first-order valence-electron chi connectivity index (χ1n) is 27.7. The van der Waals surface area contributed by atoms with Crippen LogP contribution in [0.5, 0.6) is 0 Å². The number of benzene rings is 4. The molecule has 0 aliphatic carbocycles. The van der Waals surface area contributed by atoms with Crippen molar-refractivity contribution < 1.29 is 37.8 Å².